The van der Waals surface area contributed by atoms with Gasteiger partial charge in [0.15, 0.2) is 0 Å². The van der Waals surface area contributed by atoms with Crippen molar-refractivity contribution in [2.75, 3.05) is 6.54 Å². The molecule has 0 radical (unpaired) electrons. The number of H-pyrrole nitrogens is 1. The fraction of sp³-hybridized carbons (Fsp3) is 0.750. The smallest absolute Gasteiger partial charge is 0.246 e. The number of rotatable bonds is 4. The minimum absolute atomic E-state index is 0.161. The Balaban J connectivity index is 2.40. The number of aromatic nitrogens is 2. The molecule has 1 aliphatic carbocycles. The van der Waals surface area contributed by atoms with Gasteiger partial charge in [0.1, 0.15) is 4.90 Å². The minimum Gasteiger partial charge on any atom is -0.281 e. The topological polar surface area (TPSA) is 66.1 Å². The zero-order chi connectivity index (χ0) is 13.3. The summed E-state index contributed by atoms with van der Waals surface area (Å²) in [7, 11) is -3.41. The van der Waals surface area contributed by atoms with Gasteiger partial charge in [-0.1, -0.05) is 19.8 Å². The Morgan fingerprint density at radius 3 is 2.39 bits per heavy atom. The summed E-state index contributed by atoms with van der Waals surface area (Å²) in [6.45, 7) is 5.92. The van der Waals surface area contributed by atoms with Gasteiger partial charge in [-0.3, -0.25) is 5.10 Å². The van der Waals surface area contributed by atoms with Crippen molar-refractivity contribution < 1.29 is 8.42 Å². The third-order valence-electron chi connectivity index (χ3n) is 3.67. The van der Waals surface area contributed by atoms with Crippen molar-refractivity contribution in [3.05, 3.63) is 11.4 Å². The van der Waals surface area contributed by atoms with Crippen LogP contribution in [0.3, 0.4) is 0 Å². The van der Waals surface area contributed by atoms with Crippen molar-refractivity contribution in [2.24, 2.45) is 0 Å². The van der Waals surface area contributed by atoms with Crippen LogP contribution in [-0.2, 0) is 10.0 Å². The average Bonchev–Trinajstić information content (AvgIpc) is 2.90. The monoisotopic (exact) mass is 271 g/mol. The summed E-state index contributed by atoms with van der Waals surface area (Å²) in [4.78, 5) is 0.358. The molecule has 0 aromatic carbocycles. The van der Waals surface area contributed by atoms with E-state index in [1.807, 2.05) is 6.92 Å². The Labute approximate surface area is 109 Å². The molecule has 6 heteroatoms. The molecule has 1 saturated carbocycles. The lowest BCUT2D eigenvalue weighted by atomic mass is 10.2. The Kier molecular flexibility index (Phi) is 3.77. The zero-order valence-electron chi connectivity index (χ0n) is 11.2. The number of aryl methyl sites for hydroxylation is 2. The number of nitrogens with zero attached hydrogens (tertiary/aromatic N) is 2. The molecule has 1 N–H and O–H groups in total. The van der Waals surface area contributed by atoms with Crippen molar-refractivity contribution in [1.82, 2.24) is 14.5 Å². The summed E-state index contributed by atoms with van der Waals surface area (Å²) in [5.74, 6) is 0. The van der Waals surface area contributed by atoms with Crippen LogP contribution >= 0.6 is 0 Å². The lowest BCUT2D eigenvalue weighted by molar-refractivity contribution is 0.335. The van der Waals surface area contributed by atoms with Crippen molar-refractivity contribution >= 4 is 10.0 Å². The first-order valence-electron chi connectivity index (χ1n) is 6.52. The van der Waals surface area contributed by atoms with Gasteiger partial charge in [0.2, 0.25) is 10.0 Å². The van der Waals surface area contributed by atoms with Crippen LogP contribution in [0.25, 0.3) is 0 Å². The summed E-state index contributed by atoms with van der Waals surface area (Å²) >= 11 is 0. The molecule has 102 valence electrons. The average molecular weight is 271 g/mol. The predicted octanol–water partition coefficient (Wildman–Crippen LogP) is 1.98. The van der Waals surface area contributed by atoms with Gasteiger partial charge in [0.05, 0.1) is 11.4 Å². The van der Waals surface area contributed by atoms with Crippen molar-refractivity contribution in [3.63, 3.8) is 0 Å². The van der Waals surface area contributed by atoms with Gasteiger partial charge in [0.25, 0.3) is 0 Å². The summed E-state index contributed by atoms with van der Waals surface area (Å²) in [5, 5.41) is 6.75. The molecule has 1 heterocycles. The van der Waals surface area contributed by atoms with Crippen LogP contribution in [0.1, 0.15) is 44.0 Å². The van der Waals surface area contributed by atoms with Crippen LogP contribution in [0.4, 0.5) is 0 Å². The maximum Gasteiger partial charge on any atom is 0.246 e. The fourth-order valence-electron chi connectivity index (χ4n) is 2.85. The highest BCUT2D eigenvalue weighted by molar-refractivity contribution is 7.89. The Morgan fingerprint density at radius 1 is 1.33 bits per heavy atom. The number of hydrogen-bond donors (Lipinski definition) is 1. The highest BCUT2D eigenvalue weighted by Crippen LogP contribution is 2.30. The SMILES string of the molecule is CCN(C1CCCC1)S(=O)(=O)c1c(C)n[nH]c1C. The van der Waals surface area contributed by atoms with E-state index in [0.717, 1.165) is 25.7 Å². The van der Waals surface area contributed by atoms with Crippen LogP contribution < -0.4 is 0 Å². The van der Waals surface area contributed by atoms with Gasteiger partial charge < -0.3 is 0 Å². The van der Waals surface area contributed by atoms with E-state index < -0.39 is 10.0 Å². The van der Waals surface area contributed by atoms with Gasteiger partial charge in [-0.25, -0.2) is 8.42 Å². The van der Waals surface area contributed by atoms with E-state index >= 15 is 0 Å². The Bertz CT molecular complexity index is 496. The van der Waals surface area contributed by atoms with Crippen LogP contribution in [0.5, 0.6) is 0 Å². The highest BCUT2D eigenvalue weighted by atomic mass is 32.2. The molecule has 1 fully saturated rings. The summed E-state index contributed by atoms with van der Waals surface area (Å²) in [5.41, 5.74) is 1.19. The number of sulfonamides is 1. The molecule has 1 aromatic heterocycles. The predicted molar refractivity (Wildman–Crippen MR) is 69.9 cm³/mol. The molecule has 5 nitrogen and oxygen atoms in total. The fourth-order valence-corrected chi connectivity index (χ4v) is 4.88. The second-order valence-electron chi connectivity index (χ2n) is 4.91. The largest absolute Gasteiger partial charge is 0.281 e. The third-order valence-corrected chi connectivity index (χ3v) is 5.96. The number of hydrogen-bond acceptors (Lipinski definition) is 3. The van der Waals surface area contributed by atoms with Crippen LogP contribution in [0, 0.1) is 13.8 Å². The molecule has 0 spiro atoms. The second-order valence-corrected chi connectivity index (χ2v) is 6.74. The van der Waals surface area contributed by atoms with Crippen LogP contribution in [0.15, 0.2) is 4.90 Å². The Morgan fingerprint density at radius 2 is 1.94 bits per heavy atom. The van der Waals surface area contributed by atoms with E-state index in [4.69, 9.17) is 0 Å². The lowest BCUT2D eigenvalue weighted by Crippen LogP contribution is -2.39. The third kappa shape index (κ3) is 2.19. The molecule has 1 aliphatic rings. The maximum atomic E-state index is 12.7. The molecule has 0 bridgehead atoms. The van der Waals surface area contributed by atoms with Crippen LogP contribution in [-0.4, -0.2) is 35.5 Å². The van der Waals surface area contributed by atoms with E-state index in [9.17, 15) is 8.42 Å². The highest BCUT2D eigenvalue weighted by Gasteiger charge is 2.34. The number of aromatic amines is 1. The van der Waals surface area contributed by atoms with Crippen molar-refractivity contribution in [3.8, 4) is 0 Å². The van der Waals surface area contributed by atoms with E-state index in [-0.39, 0.29) is 6.04 Å². The molecule has 0 atom stereocenters. The van der Waals surface area contributed by atoms with Crippen molar-refractivity contribution in [1.29, 1.82) is 0 Å². The first-order valence-corrected chi connectivity index (χ1v) is 7.96. The molecule has 1 aromatic rings. The van der Waals surface area contributed by atoms with E-state index in [2.05, 4.69) is 10.2 Å². The minimum atomic E-state index is -3.41. The summed E-state index contributed by atoms with van der Waals surface area (Å²) < 4.78 is 27.1. The van der Waals surface area contributed by atoms with Gasteiger partial charge in [-0.05, 0) is 26.7 Å². The van der Waals surface area contributed by atoms with Gasteiger partial charge in [0, 0.05) is 12.6 Å². The van der Waals surface area contributed by atoms with Gasteiger partial charge in [-0.2, -0.15) is 9.40 Å². The molecule has 0 amide bonds. The van der Waals surface area contributed by atoms with Crippen molar-refractivity contribution in [2.45, 2.75) is 57.4 Å². The molecular formula is C12H21N3O2S. The summed E-state index contributed by atoms with van der Waals surface area (Å²) in [6, 6.07) is 0.161. The standard InChI is InChI=1S/C12H21N3O2S/c1-4-15(11-7-5-6-8-11)18(16,17)12-9(2)13-14-10(12)3/h11H,4-8H2,1-3H3,(H,13,14). The lowest BCUT2D eigenvalue weighted by Gasteiger charge is -2.26. The molecule has 2 rings (SSSR count). The number of nitrogens with one attached hydrogen (secondary N) is 1. The zero-order valence-corrected chi connectivity index (χ0v) is 12.0. The first kappa shape index (κ1) is 13.5. The molecular weight excluding hydrogens is 250 g/mol. The molecule has 18 heavy (non-hydrogen) atoms. The van der Waals surface area contributed by atoms with E-state index in [1.165, 1.54) is 0 Å². The second kappa shape index (κ2) is 5.01. The quantitative estimate of drug-likeness (QED) is 0.910. The molecule has 0 aliphatic heterocycles. The van der Waals surface area contributed by atoms with E-state index in [1.54, 1.807) is 18.2 Å². The Hall–Kier alpha value is -0.880. The van der Waals surface area contributed by atoms with E-state index in [0.29, 0.717) is 22.8 Å². The van der Waals surface area contributed by atoms with Gasteiger partial charge >= 0.3 is 0 Å². The first-order chi connectivity index (χ1) is 8.48. The maximum absolute atomic E-state index is 12.7. The molecule has 0 unspecified atom stereocenters. The normalized spacial score (nSPS) is 17.8. The van der Waals surface area contributed by atoms with Gasteiger partial charge in [-0.15, -0.1) is 0 Å². The molecule has 0 saturated heterocycles. The van der Waals surface area contributed by atoms with Crippen LogP contribution in [0.2, 0.25) is 0 Å². The summed E-state index contributed by atoms with van der Waals surface area (Å²) in [6.07, 6.45) is 4.20.